The summed E-state index contributed by atoms with van der Waals surface area (Å²) in [4.78, 5) is 44.3. The number of hydrogen-bond donors (Lipinski definition) is 0. The van der Waals surface area contributed by atoms with Gasteiger partial charge in [-0.05, 0) is 30.7 Å². The molecule has 1 fully saturated rings. The van der Waals surface area contributed by atoms with Crippen LogP contribution in [0.2, 0.25) is 0 Å². The van der Waals surface area contributed by atoms with Crippen molar-refractivity contribution in [3.63, 3.8) is 0 Å². The van der Waals surface area contributed by atoms with Gasteiger partial charge in [0.1, 0.15) is 24.0 Å². The van der Waals surface area contributed by atoms with E-state index in [0.29, 0.717) is 48.9 Å². The van der Waals surface area contributed by atoms with Crippen LogP contribution in [0.4, 0.5) is 14.6 Å². The molecule has 0 aliphatic carbocycles. The van der Waals surface area contributed by atoms with Gasteiger partial charge in [0.2, 0.25) is 17.7 Å². The molecule has 1 aromatic heterocycles. The van der Waals surface area contributed by atoms with Crippen LogP contribution in [0.15, 0.2) is 72.8 Å². The van der Waals surface area contributed by atoms with Gasteiger partial charge in [-0.25, -0.2) is 13.5 Å². The zero-order valence-electron chi connectivity index (χ0n) is 24.4. The summed E-state index contributed by atoms with van der Waals surface area (Å²) in [6, 6.07) is 20.5. The summed E-state index contributed by atoms with van der Waals surface area (Å²) in [6.07, 6.45) is 0. The molecular formula is C33H31F2N5O3S. The summed E-state index contributed by atoms with van der Waals surface area (Å²) >= 11 is 1.22. The monoisotopic (exact) mass is 615 g/mol. The Morgan fingerprint density at radius 1 is 0.932 bits per heavy atom. The second-order valence-corrected chi connectivity index (χ2v) is 12.0. The molecule has 44 heavy (non-hydrogen) atoms. The maximum Gasteiger partial charge on any atom is 0.242 e. The SMILES string of the molecule is CC(=O)N1CCN(C(=O)CN2C(=O)CS[C@H](c3ccc(F)cc3F)c3c(-c4ccccc4)nn(-c4cccc(C)c4)c32)CC1. The number of rotatable bonds is 5. The van der Waals surface area contributed by atoms with Crippen molar-refractivity contribution in [2.45, 2.75) is 19.1 Å². The smallest absolute Gasteiger partial charge is 0.242 e. The van der Waals surface area contributed by atoms with Gasteiger partial charge < -0.3 is 9.80 Å². The van der Waals surface area contributed by atoms with Gasteiger partial charge in [-0.15, -0.1) is 11.8 Å². The van der Waals surface area contributed by atoms with Crippen molar-refractivity contribution < 1.29 is 23.2 Å². The van der Waals surface area contributed by atoms with E-state index >= 15 is 4.39 Å². The number of benzene rings is 3. The van der Waals surface area contributed by atoms with Gasteiger partial charge in [0.25, 0.3) is 0 Å². The van der Waals surface area contributed by atoms with Crippen LogP contribution in [0.3, 0.4) is 0 Å². The molecule has 1 atom stereocenters. The highest BCUT2D eigenvalue weighted by Gasteiger charge is 2.39. The van der Waals surface area contributed by atoms with E-state index in [1.807, 2.05) is 61.5 Å². The van der Waals surface area contributed by atoms with Crippen molar-refractivity contribution in [1.82, 2.24) is 19.6 Å². The van der Waals surface area contributed by atoms with Crippen LogP contribution in [0, 0.1) is 18.6 Å². The Bertz CT molecular complexity index is 1740. The summed E-state index contributed by atoms with van der Waals surface area (Å²) in [5.41, 5.74) is 3.71. The fourth-order valence-electron chi connectivity index (χ4n) is 5.73. The first kappa shape index (κ1) is 29.6. The highest BCUT2D eigenvalue weighted by atomic mass is 32.2. The fourth-order valence-corrected chi connectivity index (χ4v) is 6.95. The Morgan fingerprint density at radius 3 is 2.34 bits per heavy atom. The molecular weight excluding hydrogens is 584 g/mol. The number of hydrogen-bond acceptors (Lipinski definition) is 5. The maximum absolute atomic E-state index is 15.4. The van der Waals surface area contributed by atoms with Crippen molar-refractivity contribution in [3.05, 3.63) is 101 Å². The van der Waals surface area contributed by atoms with Crippen molar-refractivity contribution in [3.8, 4) is 16.9 Å². The minimum absolute atomic E-state index is 0.0381. The highest BCUT2D eigenvalue weighted by molar-refractivity contribution is 8.00. The van der Waals surface area contributed by atoms with Crippen LogP contribution in [-0.2, 0) is 14.4 Å². The van der Waals surface area contributed by atoms with E-state index < -0.39 is 16.9 Å². The van der Waals surface area contributed by atoms with Crippen LogP contribution in [0.5, 0.6) is 0 Å². The number of piperazine rings is 1. The van der Waals surface area contributed by atoms with E-state index in [4.69, 9.17) is 5.10 Å². The Kier molecular flexibility index (Phi) is 8.22. The van der Waals surface area contributed by atoms with Gasteiger partial charge in [-0.2, -0.15) is 5.10 Å². The molecule has 11 heteroatoms. The number of carbonyl (C=O) groups is 3. The number of anilines is 1. The Morgan fingerprint density at radius 2 is 1.66 bits per heavy atom. The third kappa shape index (κ3) is 5.71. The van der Waals surface area contributed by atoms with Crippen LogP contribution in [-0.4, -0.2) is 75.8 Å². The third-order valence-corrected chi connectivity index (χ3v) is 9.24. The Balaban J connectivity index is 1.53. The fraction of sp³-hybridized carbons (Fsp3) is 0.273. The largest absolute Gasteiger partial charge is 0.339 e. The lowest BCUT2D eigenvalue weighted by atomic mass is 9.99. The van der Waals surface area contributed by atoms with Gasteiger partial charge in [0.05, 0.1) is 22.4 Å². The van der Waals surface area contributed by atoms with Crippen LogP contribution in [0.1, 0.15) is 28.9 Å². The maximum atomic E-state index is 15.4. The lowest BCUT2D eigenvalue weighted by Gasteiger charge is -2.35. The van der Waals surface area contributed by atoms with E-state index in [1.54, 1.807) is 14.5 Å². The average Bonchev–Trinajstić information content (AvgIpc) is 3.35. The Labute approximate surface area is 258 Å². The zero-order valence-corrected chi connectivity index (χ0v) is 25.2. The molecule has 8 nitrogen and oxygen atoms in total. The quantitative estimate of drug-likeness (QED) is 0.316. The van der Waals surface area contributed by atoms with Gasteiger partial charge in [-0.3, -0.25) is 19.3 Å². The number of halogens is 2. The molecule has 0 unspecified atom stereocenters. The molecule has 1 saturated heterocycles. The summed E-state index contributed by atoms with van der Waals surface area (Å²) in [5, 5.41) is 4.30. The van der Waals surface area contributed by atoms with E-state index in [1.165, 1.54) is 35.7 Å². The van der Waals surface area contributed by atoms with Crippen molar-refractivity contribution in [2.75, 3.05) is 43.4 Å². The second-order valence-electron chi connectivity index (χ2n) is 10.9. The van der Waals surface area contributed by atoms with Gasteiger partial charge in [0, 0.05) is 55.9 Å². The number of amides is 3. The van der Waals surface area contributed by atoms with E-state index in [0.717, 1.165) is 17.2 Å². The van der Waals surface area contributed by atoms with E-state index in [-0.39, 0.29) is 35.6 Å². The van der Waals surface area contributed by atoms with Gasteiger partial charge >= 0.3 is 0 Å². The Hall–Kier alpha value is -4.51. The minimum atomic E-state index is -0.726. The predicted octanol–water partition coefficient (Wildman–Crippen LogP) is 4.99. The normalized spacial score (nSPS) is 17.0. The molecule has 0 bridgehead atoms. The molecule has 3 heterocycles. The van der Waals surface area contributed by atoms with Gasteiger partial charge in [0.15, 0.2) is 0 Å². The average molecular weight is 616 g/mol. The van der Waals surface area contributed by atoms with Crippen molar-refractivity contribution in [2.24, 2.45) is 0 Å². The second kappa shape index (κ2) is 12.2. The standard InChI is InChI=1S/C33H31F2N5O3S/c1-21-7-6-10-25(17-21)40-33-30(31(36-40)23-8-4-3-5-9-23)32(26-12-11-24(34)18-27(26)35)44-20-29(43)39(33)19-28(42)38-15-13-37(14-16-38)22(2)41/h3-12,17-18,32H,13-16,19-20H2,1-2H3/t32-/m1/s1. The summed E-state index contributed by atoms with van der Waals surface area (Å²) in [7, 11) is 0. The molecule has 3 amide bonds. The molecule has 0 spiro atoms. The molecule has 0 N–H and O–H groups in total. The first-order chi connectivity index (χ1) is 21.2. The summed E-state index contributed by atoms with van der Waals surface area (Å²) < 4.78 is 31.1. The number of nitrogens with zero attached hydrogens (tertiary/aromatic N) is 5. The predicted molar refractivity (Wildman–Crippen MR) is 166 cm³/mol. The zero-order chi connectivity index (χ0) is 31.0. The summed E-state index contributed by atoms with van der Waals surface area (Å²) in [6.45, 7) is 4.75. The first-order valence-corrected chi connectivity index (χ1v) is 15.4. The summed E-state index contributed by atoms with van der Waals surface area (Å²) in [5.74, 6) is -1.73. The molecule has 2 aliphatic rings. The van der Waals surface area contributed by atoms with E-state index in [9.17, 15) is 18.8 Å². The van der Waals surface area contributed by atoms with Crippen LogP contribution < -0.4 is 4.90 Å². The van der Waals surface area contributed by atoms with Crippen LogP contribution >= 0.6 is 11.8 Å². The number of fused-ring (bicyclic) bond motifs is 1. The van der Waals surface area contributed by atoms with Crippen molar-refractivity contribution >= 4 is 35.3 Å². The molecule has 6 rings (SSSR count). The molecule has 226 valence electrons. The highest BCUT2D eigenvalue weighted by Crippen LogP contribution is 2.49. The van der Waals surface area contributed by atoms with Crippen molar-refractivity contribution in [1.29, 1.82) is 0 Å². The molecule has 2 aliphatic heterocycles. The number of aryl methyl sites for hydroxylation is 1. The van der Waals surface area contributed by atoms with Gasteiger partial charge in [-0.1, -0.05) is 48.5 Å². The minimum Gasteiger partial charge on any atom is -0.339 e. The first-order valence-electron chi connectivity index (χ1n) is 14.4. The topological polar surface area (TPSA) is 78.8 Å². The lowest BCUT2D eigenvalue weighted by molar-refractivity contribution is -0.137. The third-order valence-electron chi connectivity index (χ3n) is 8.00. The lowest BCUT2D eigenvalue weighted by Crippen LogP contribution is -2.53. The molecule has 4 aromatic rings. The number of carbonyl (C=O) groups excluding carboxylic acids is 3. The van der Waals surface area contributed by atoms with Crippen LogP contribution in [0.25, 0.3) is 16.9 Å². The number of aromatic nitrogens is 2. The molecule has 3 aromatic carbocycles. The molecule has 0 saturated carbocycles. The molecule has 0 radical (unpaired) electrons. The number of thioether (sulfide) groups is 1. The van der Waals surface area contributed by atoms with E-state index in [2.05, 4.69) is 0 Å².